The predicted octanol–water partition coefficient (Wildman–Crippen LogP) is 5.72. The van der Waals surface area contributed by atoms with Gasteiger partial charge in [0.2, 0.25) is 0 Å². The first-order valence-electron chi connectivity index (χ1n) is 9.04. The van der Waals surface area contributed by atoms with Crippen molar-refractivity contribution in [3.63, 3.8) is 0 Å². The molecule has 1 nitrogen and oxygen atoms in total. The molecule has 1 aliphatic carbocycles. The second-order valence-electron chi connectivity index (χ2n) is 6.92. The molecule has 0 radical (unpaired) electrons. The van der Waals surface area contributed by atoms with Crippen molar-refractivity contribution in [2.75, 3.05) is 13.1 Å². The van der Waals surface area contributed by atoms with Crippen molar-refractivity contribution in [3.8, 4) is 0 Å². The zero-order valence-electron chi connectivity index (χ0n) is 14.1. The molecule has 0 amide bonds. The van der Waals surface area contributed by atoms with Gasteiger partial charge in [0.25, 0.3) is 0 Å². The molecule has 2 heteroatoms. The number of nitrogens with zero attached hydrogens (tertiary/aromatic N) is 1. The Morgan fingerprint density at radius 2 is 1.87 bits per heavy atom. The van der Waals surface area contributed by atoms with E-state index < -0.39 is 0 Å². The molecular weight excluding hydrogens is 302 g/mol. The fraction of sp³-hybridized carbons (Fsp3) is 0.524. The molecule has 0 N–H and O–H groups in total. The monoisotopic (exact) mass is 329 g/mol. The van der Waals surface area contributed by atoms with Crippen LogP contribution in [0.25, 0.3) is 0 Å². The summed E-state index contributed by atoms with van der Waals surface area (Å²) in [5.74, 6) is 2.10. The number of hydrogen-bond acceptors (Lipinski definition) is 1. The van der Waals surface area contributed by atoms with E-state index in [1.165, 1.54) is 43.5 Å². The van der Waals surface area contributed by atoms with Crippen LogP contribution in [-0.2, 0) is 5.88 Å². The van der Waals surface area contributed by atoms with Crippen LogP contribution in [0, 0.1) is 11.8 Å². The smallest absolute Gasteiger partial charge is 0.0474 e. The molecule has 1 fully saturated rings. The summed E-state index contributed by atoms with van der Waals surface area (Å²) in [5.41, 5.74) is 2.65. The highest BCUT2D eigenvalue weighted by Gasteiger charge is 2.30. The third-order valence-corrected chi connectivity index (χ3v) is 5.82. The third kappa shape index (κ3) is 4.08. The molecule has 3 rings (SSSR count). The van der Waals surface area contributed by atoms with Gasteiger partial charge < -0.3 is 0 Å². The van der Waals surface area contributed by atoms with Crippen LogP contribution in [0.2, 0.25) is 0 Å². The van der Waals surface area contributed by atoms with E-state index in [1.807, 2.05) is 0 Å². The summed E-state index contributed by atoms with van der Waals surface area (Å²) in [6.07, 6.45) is 14.3. The maximum Gasteiger partial charge on any atom is 0.0474 e. The lowest BCUT2D eigenvalue weighted by Gasteiger charge is -2.41. The number of likely N-dealkylation sites (tertiary alicyclic amines) is 1. The molecular formula is C21H28ClN. The quantitative estimate of drug-likeness (QED) is 0.624. The lowest BCUT2D eigenvalue weighted by Crippen LogP contribution is -2.39. The summed E-state index contributed by atoms with van der Waals surface area (Å²) in [4.78, 5) is 2.72. The Labute approximate surface area is 146 Å². The summed E-state index contributed by atoms with van der Waals surface area (Å²) < 4.78 is 0. The van der Waals surface area contributed by atoms with E-state index in [1.54, 1.807) is 0 Å². The third-order valence-electron chi connectivity index (χ3n) is 5.51. The highest BCUT2D eigenvalue weighted by Crippen LogP contribution is 2.36. The molecule has 23 heavy (non-hydrogen) atoms. The maximum absolute atomic E-state index is 5.96. The van der Waals surface area contributed by atoms with Crippen molar-refractivity contribution < 1.29 is 0 Å². The lowest BCUT2D eigenvalue weighted by atomic mass is 9.84. The summed E-state index contributed by atoms with van der Waals surface area (Å²) in [7, 11) is 0. The first kappa shape index (κ1) is 16.8. The van der Waals surface area contributed by atoms with E-state index in [0.29, 0.717) is 17.8 Å². The van der Waals surface area contributed by atoms with Gasteiger partial charge in [-0.1, -0.05) is 61.9 Å². The van der Waals surface area contributed by atoms with Crippen molar-refractivity contribution in [1.82, 2.24) is 4.90 Å². The Morgan fingerprint density at radius 3 is 2.43 bits per heavy atom. The molecule has 2 aliphatic rings. The van der Waals surface area contributed by atoms with Crippen LogP contribution in [0.3, 0.4) is 0 Å². The van der Waals surface area contributed by atoms with E-state index in [2.05, 4.69) is 60.4 Å². The molecule has 1 saturated heterocycles. The molecule has 1 aliphatic heterocycles. The van der Waals surface area contributed by atoms with E-state index in [4.69, 9.17) is 11.6 Å². The molecule has 2 atom stereocenters. The Morgan fingerprint density at radius 1 is 1.13 bits per heavy atom. The van der Waals surface area contributed by atoms with Crippen molar-refractivity contribution >= 4 is 11.6 Å². The number of halogens is 1. The molecule has 1 aromatic rings. The first-order chi connectivity index (χ1) is 11.3. The van der Waals surface area contributed by atoms with Gasteiger partial charge in [-0.2, -0.15) is 0 Å². The van der Waals surface area contributed by atoms with Crippen LogP contribution in [0.4, 0.5) is 0 Å². The van der Waals surface area contributed by atoms with Crippen molar-refractivity contribution in [1.29, 1.82) is 0 Å². The number of piperidine rings is 1. The van der Waals surface area contributed by atoms with Gasteiger partial charge in [0.15, 0.2) is 0 Å². The minimum absolute atomic E-state index is 0.499. The van der Waals surface area contributed by atoms with Crippen LogP contribution in [0.15, 0.2) is 48.6 Å². The number of benzene rings is 1. The average Bonchev–Trinajstić information content (AvgIpc) is 2.64. The van der Waals surface area contributed by atoms with Crippen molar-refractivity contribution in [2.24, 2.45) is 11.8 Å². The van der Waals surface area contributed by atoms with Gasteiger partial charge in [-0.25, -0.2) is 0 Å². The summed E-state index contributed by atoms with van der Waals surface area (Å²) in [5, 5.41) is 0. The molecule has 1 heterocycles. The van der Waals surface area contributed by atoms with Crippen LogP contribution in [0.5, 0.6) is 0 Å². The summed E-state index contributed by atoms with van der Waals surface area (Å²) >= 11 is 5.96. The van der Waals surface area contributed by atoms with Gasteiger partial charge in [-0.3, -0.25) is 4.90 Å². The normalized spacial score (nSPS) is 24.0. The van der Waals surface area contributed by atoms with Crippen molar-refractivity contribution in [2.45, 2.75) is 44.5 Å². The van der Waals surface area contributed by atoms with E-state index in [0.717, 1.165) is 12.3 Å². The van der Waals surface area contributed by atoms with Gasteiger partial charge in [0.1, 0.15) is 0 Å². The molecule has 0 bridgehead atoms. The van der Waals surface area contributed by atoms with Crippen LogP contribution in [-0.4, -0.2) is 18.0 Å². The van der Waals surface area contributed by atoms with Gasteiger partial charge in [0.05, 0.1) is 0 Å². The Kier molecular flexibility index (Phi) is 5.96. The minimum atomic E-state index is 0.499. The summed E-state index contributed by atoms with van der Waals surface area (Å²) in [6, 6.07) is 9.46. The van der Waals surface area contributed by atoms with Crippen LogP contribution in [0.1, 0.15) is 49.8 Å². The zero-order chi connectivity index (χ0) is 16.1. The Hall–Kier alpha value is -1.05. The molecule has 0 saturated carbocycles. The Bertz CT molecular complexity index is 537. The van der Waals surface area contributed by atoms with Gasteiger partial charge in [-0.05, 0) is 49.4 Å². The molecule has 0 aromatic heterocycles. The molecule has 2 unspecified atom stereocenters. The number of rotatable bonds is 5. The van der Waals surface area contributed by atoms with Gasteiger partial charge in [-0.15, -0.1) is 11.6 Å². The topological polar surface area (TPSA) is 3.24 Å². The van der Waals surface area contributed by atoms with Gasteiger partial charge >= 0.3 is 0 Å². The maximum atomic E-state index is 5.96. The van der Waals surface area contributed by atoms with Gasteiger partial charge in [0, 0.05) is 17.8 Å². The second kappa shape index (κ2) is 8.17. The number of hydrogen-bond donors (Lipinski definition) is 0. The highest BCUT2D eigenvalue weighted by molar-refractivity contribution is 6.17. The SMILES string of the molecule is CCC1CCN(C(c2ccc(CCl)cc2)C2C=CC=CC2)CC1. The minimum Gasteiger partial charge on any atom is -0.296 e. The van der Waals surface area contributed by atoms with E-state index >= 15 is 0 Å². The molecule has 124 valence electrons. The summed E-state index contributed by atoms with van der Waals surface area (Å²) in [6.45, 7) is 4.79. The predicted molar refractivity (Wildman–Crippen MR) is 99.7 cm³/mol. The zero-order valence-corrected chi connectivity index (χ0v) is 14.9. The first-order valence-corrected chi connectivity index (χ1v) is 9.57. The highest BCUT2D eigenvalue weighted by atomic mass is 35.5. The van der Waals surface area contributed by atoms with E-state index in [-0.39, 0.29) is 0 Å². The Balaban J connectivity index is 1.81. The second-order valence-corrected chi connectivity index (χ2v) is 7.19. The molecule has 1 aromatic carbocycles. The average molecular weight is 330 g/mol. The van der Waals surface area contributed by atoms with Crippen LogP contribution >= 0.6 is 11.6 Å². The standard InChI is InChI=1S/C21H28ClN/c1-2-17-12-14-23(15-13-17)21(19-6-4-3-5-7-19)20-10-8-18(16-22)9-11-20/h3-6,8-11,17,19,21H,2,7,12-16H2,1H3. The lowest BCUT2D eigenvalue weighted by molar-refractivity contribution is 0.106. The number of allylic oxidation sites excluding steroid dienone is 3. The largest absolute Gasteiger partial charge is 0.296 e. The fourth-order valence-corrected chi connectivity index (χ4v) is 4.18. The number of alkyl halides is 1. The van der Waals surface area contributed by atoms with E-state index in [9.17, 15) is 0 Å². The van der Waals surface area contributed by atoms with Crippen molar-refractivity contribution in [3.05, 3.63) is 59.7 Å². The van der Waals surface area contributed by atoms with Crippen LogP contribution < -0.4 is 0 Å². The molecule has 0 spiro atoms. The fourth-order valence-electron chi connectivity index (χ4n) is 4.01.